The van der Waals surface area contributed by atoms with E-state index in [2.05, 4.69) is 4.90 Å². The van der Waals surface area contributed by atoms with Gasteiger partial charge in [0.05, 0.1) is 18.8 Å². The van der Waals surface area contributed by atoms with E-state index in [1.165, 1.54) is 0 Å². The molecule has 1 aliphatic heterocycles. The number of hydrogen-bond donors (Lipinski definition) is 1. The molecule has 1 rings (SSSR count). The zero-order chi connectivity index (χ0) is 12.8. The Balaban J connectivity index is 2.45. The van der Waals surface area contributed by atoms with Crippen molar-refractivity contribution in [1.82, 2.24) is 9.80 Å². The molecule has 0 saturated carbocycles. The summed E-state index contributed by atoms with van der Waals surface area (Å²) in [5, 5.41) is 0. The number of ether oxygens (including phenoxy) is 1. The maximum Gasteiger partial charge on any atom is 0.239 e. The second kappa shape index (κ2) is 6.93. The van der Waals surface area contributed by atoms with Crippen LogP contribution in [0.1, 0.15) is 19.8 Å². The molecule has 1 fully saturated rings. The van der Waals surface area contributed by atoms with Gasteiger partial charge in [-0.05, 0) is 20.5 Å². The van der Waals surface area contributed by atoms with Crippen LogP contribution >= 0.6 is 0 Å². The number of likely N-dealkylation sites (N-methyl/N-ethyl adjacent to an activating group) is 1. The molecule has 0 spiro atoms. The van der Waals surface area contributed by atoms with Gasteiger partial charge < -0.3 is 20.3 Å². The van der Waals surface area contributed by atoms with E-state index in [4.69, 9.17) is 10.5 Å². The third-order valence-electron chi connectivity index (χ3n) is 2.94. The highest BCUT2D eigenvalue weighted by Gasteiger charge is 2.27. The van der Waals surface area contributed by atoms with E-state index in [0.717, 1.165) is 19.4 Å². The first-order valence-electron chi connectivity index (χ1n) is 6.35. The first kappa shape index (κ1) is 14.4. The van der Waals surface area contributed by atoms with E-state index < -0.39 is 0 Å². The first-order valence-corrected chi connectivity index (χ1v) is 6.35. The molecule has 1 aliphatic rings. The van der Waals surface area contributed by atoms with Crippen molar-refractivity contribution in [2.45, 2.75) is 31.9 Å². The normalized spacial score (nSPS) is 22.9. The minimum absolute atomic E-state index is 0.0684. The van der Waals surface area contributed by atoms with Crippen LogP contribution in [-0.2, 0) is 9.53 Å². The summed E-state index contributed by atoms with van der Waals surface area (Å²) in [6.07, 6.45) is 1.81. The molecule has 5 nitrogen and oxygen atoms in total. The highest BCUT2D eigenvalue weighted by molar-refractivity contribution is 5.81. The number of morpholine rings is 1. The Labute approximate surface area is 104 Å². The number of carbonyl (C=O) groups excluding carboxylic acids is 1. The predicted molar refractivity (Wildman–Crippen MR) is 67.8 cm³/mol. The standard InChI is InChI=1S/C12H25N3O2/c1-4-5-11(13)12(16)15-6-7-17-10(9-15)8-14(2)3/h10-11H,4-9,13H2,1-3H3. The van der Waals surface area contributed by atoms with Crippen LogP contribution in [0.15, 0.2) is 0 Å². The fourth-order valence-electron chi connectivity index (χ4n) is 2.11. The van der Waals surface area contributed by atoms with Crippen molar-refractivity contribution in [3.05, 3.63) is 0 Å². The van der Waals surface area contributed by atoms with Crippen LogP contribution in [-0.4, -0.2) is 68.2 Å². The molecule has 2 N–H and O–H groups in total. The van der Waals surface area contributed by atoms with Crippen molar-refractivity contribution in [1.29, 1.82) is 0 Å². The van der Waals surface area contributed by atoms with Gasteiger partial charge in [0.25, 0.3) is 0 Å². The Morgan fingerprint density at radius 2 is 2.29 bits per heavy atom. The summed E-state index contributed by atoms with van der Waals surface area (Å²) in [6.45, 7) is 4.83. The van der Waals surface area contributed by atoms with Gasteiger partial charge in [-0.1, -0.05) is 13.3 Å². The van der Waals surface area contributed by atoms with Crippen LogP contribution in [0.5, 0.6) is 0 Å². The molecule has 1 heterocycles. The van der Waals surface area contributed by atoms with Crippen LogP contribution in [0.4, 0.5) is 0 Å². The lowest BCUT2D eigenvalue weighted by Crippen LogP contribution is -2.53. The van der Waals surface area contributed by atoms with Gasteiger partial charge in [-0.15, -0.1) is 0 Å². The SMILES string of the molecule is CCCC(N)C(=O)N1CCOC(CN(C)C)C1. The second-order valence-electron chi connectivity index (χ2n) is 4.93. The Bertz CT molecular complexity index is 246. The summed E-state index contributed by atoms with van der Waals surface area (Å²) < 4.78 is 5.63. The number of nitrogens with zero attached hydrogens (tertiary/aromatic N) is 2. The monoisotopic (exact) mass is 243 g/mol. The molecule has 2 unspecified atom stereocenters. The Morgan fingerprint density at radius 1 is 1.59 bits per heavy atom. The van der Waals surface area contributed by atoms with Gasteiger partial charge >= 0.3 is 0 Å². The highest BCUT2D eigenvalue weighted by Crippen LogP contribution is 2.09. The topological polar surface area (TPSA) is 58.8 Å². The van der Waals surface area contributed by atoms with E-state index in [0.29, 0.717) is 19.7 Å². The highest BCUT2D eigenvalue weighted by atomic mass is 16.5. The maximum absolute atomic E-state index is 12.1. The molecule has 0 aromatic carbocycles. The zero-order valence-electron chi connectivity index (χ0n) is 11.2. The van der Waals surface area contributed by atoms with E-state index >= 15 is 0 Å². The van der Waals surface area contributed by atoms with Crippen molar-refractivity contribution < 1.29 is 9.53 Å². The molecule has 5 heteroatoms. The van der Waals surface area contributed by atoms with Crippen LogP contribution < -0.4 is 5.73 Å². The molecule has 0 bridgehead atoms. The van der Waals surface area contributed by atoms with Gasteiger partial charge in [-0.25, -0.2) is 0 Å². The Kier molecular flexibility index (Phi) is 5.88. The summed E-state index contributed by atoms with van der Waals surface area (Å²) in [5.74, 6) is 0.0684. The lowest BCUT2D eigenvalue weighted by molar-refractivity contribution is -0.140. The molecule has 17 heavy (non-hydrogen) atoms. The van der Waals surface area contributed by atoms with Gasteiger partial charge in [0.2, 0.25) is 5.91 Å². The molecule has 0 radical (unpaired) electrons. The number of hydrogen-bond acceptors (Lipinski definition) is 4. The van der Waals surface area contributed by atoms with Crippen molar-refractivity contribution in [3.8, 4) is 0 Å². The molecular weight excluding hydrogens is 218 g/mol. The Hall–Kier alpha value is -0.650. The van der Waals surface area contributed by atoms with Gasteiger partial charge in [-0.2, -0.15) is 0 Å². The van der Waals surface area contributed by atoms with Crippen LogP contribution in [0.25, 0.3) is 0 Å². The number of amides is 1. The minimum atomic E-state index is -0.349. The molecule has 100 valence electrons. The first-order chi connectivity index (χ1) is 8.04. The van der Waals surface area contributed by atoms with Crippen LogP contribution in [0, 0.1) is 0 Å². The fourth-order valence-corrected chi connectivity index (χ4v) is 2.11. The second-order valence-corrected chi connectivity index (χ2v) is 4.93. The summed E-state index contributed by atoms with van der Waals surface area (Å²) in [7, 11) is 4.01. The van der Waals surface area contributed by atoms with Crippen molar-refractivity contribution in [2.75, 3.05) is 40.3 Å². The van der Waals surface area contributed by atoms with Gasteiger partial charge in [0.1, 0.15) is 0 Å². The predicted octanol–water partition coefficient (Wildman–Crippen LogP) is -0.0972. The number of nitrogens with two attached hydrogens (primary N) is 1. The average molecular weight is 243 g/mol. The smallest absolute Gasteiger partial charge is 0.239 e. The molecule has 0 aliphatic carbocycles. The number of carbonyl (C=O) groups is 1. The van der Waals surface area contributed by atoms with Gasteiger partial charge in [0.15, 0.2) is 0 Å². The van der Waals surface area contributed by atoms with Crippen molar-refractivity contribution >= 4 is 5.91 Å². The van der Waals surface area contributed by atoms with Crippen LogP contribution in [0.2, 0.25) is 0 Å². The largest absolute Gasteiger partial charge is 0.373 e. The lowest BCUT2D eigenvalue weighted by atomic mass is 10.1. The van der Waals surface area contributed by atoms with Gasteiger partial charge in [0, 0.05) is 19.6 Å². The molecule has 1 saturated heterocycles. The van der Waals surface area contributed by atoms with E-state index in [1.807, 2.05) is 25.9 Å². The summed E-state index contributed by atoms with van der Waals surface area (Å²) in [6, 6.07) is -0.349. The Morgan fingerprint density at radius 3 is 2.88 bits per heavy atom. The summed E-state index contributed by atoms with van der Waals surface area (Å²) in [5.41, 5.74) is 5.86. The molecule has 0 aromatic heterocycles. The van der Waals surface area contributed by atoms with E-state index in [9.17, 15) is 4.79 Å². The minimum Gasteiger partial charge on any atom is -0.373 e. The van der Waals surface area contributed by atoms with E-state index in [1.54, 1.807) is 0 Å². The van der Waals surface area contributed by atoms with Gasteiger partial charge in [-0.3, -0.25) is 4.79 Å². The quantitative estimate of drug-likeness (QED) is 0.733. The van der Waals surface area contributed by atoms with Crippen molar-refractivity contribution in [3.63, 3.8) is 0 Å². The van der Waals surface area contributed by atoms with E-state index in [-0.39, 0.29) is 18.1 Å². The zero-order valence-corrected chi connectivity index (χ0v) is 11.2. The molecule has 2 atom stereocenters. The average Bonchev–Trinajstić information content (AvgIpc) is 2.28. The molecule has 0 aromatic rings. The lowest BCUT2D eigenvalue weighted by Gasteiger charge is -2.35. The van der Waals surface area contributed by atoms with Crippen molar-refractivity contribution in [2.24, 2.45) is 5.73 Å². The third-order valence-corrected chi connectivity index (χ3v) is 2.94. The summed E-state index contributed by atoms with van der Waals surface area (Å²) in [4.78, 5) is 16.0. The van der Waals surface area contributed by atoms with Crippen LogP contribution in [0.3, 0.4) is 0 Å². The molecule has 1 amide bonds. The summed E-state index contributed by atoms with van der Waals surface area (Å²) >= 11 is 0. The third kappa shape index (κ3) is 4.61. The molecular formula is C12H25N3O2. The number of rotatable bonds is 5. The maximum atomic E-state index is 12.1. The fraction of sp³-hybridized carbons (Fsp3) is 0.917.